The molecule has 0 radical (unpaired) electrons. The van der Waals surface area contributed by atoms with E-state index in [0.717, 1.165) is 12.2 Å². The Morgan fingerprint density at radius 2 is 2.00 bits per heavy atom. The molecule has 2 atom stereocenters. The van der Waals surface area contributed by atoms with Crippen LogP contribution in [0.1, 0.15) is 36.3 Å². The molecule has 1 aromatic rings. The van der Waals surface area contributed by atoms with Crippen LogP contribution in [0.2, 0.25) is 0 Å². The predicted molar refractivity (Wildman–Crippen MR) is 65.1 cm³/mol. The van der Waals surface area contributed by atoms with Crippen molar-refractivity contribution in [2.45, 2.75) is 38.2 Å². The minimum Gasteiger partial charge on any atom is -0.496 e. The maximum absolute atomic E-state index is 5.41. The van der Waals surface area contributed by atoms with Crippen molar-refractivity contribution in [1.29, 1.82) is 0 Å². The third kappa shape index (κ3) is 2.22. The summed E-state index contributed by atoms with van der Waals surface area (Å²) in [6.07, 6.45) is 3.99. The standard InChI is InChI=1S/C14H20O2/c1-10-4-5-12(9-14(10)16-3)11-6-7-13(8-11)15-2/h4-5,9,11,13H,6-8H2,1-3H3. The Kier molecular flexibility index (Phi) is 3.49. The van der Waals surface area contributed by atoms with Gasteiger partial charge in [0.05, 0.1) is 13.2 Å². The first-order valence-electron chi connectivity index (χ1n) is 5.92. The highest BCUT2D eigenvalue weighted by Gasteiger charge is 2.25. The second-order valence-electron chi connectivity index (χ2n) is 4.60. The third-order valence-corrected chi connectivity index (χ3v) is 3.62. The summed E-state index contributed by atoms with van der Waals surface area (Å²) in [7, 11) is 3.54. The van der Waals surface area contributed by atoms with Crippen LogP contribution in [0.25, 0.3) is 0 Å². The van der Waals surface area contributed by atoms with Gasteiger partial charge in [-0.3, -0.25) is 0 Å². The number of aryl methyl sites for hydroxylation is 1. The predicted octanol–water partition coefficient (Wildman–Crippen LogP) is 3.29. The second-order valence-corrected chi connectivity index (χ2v) is 4.60. The fourth-order valence-corrected chi connectivity index (χ4v) is 2.55. The van der Waals surface area contributed by atoms with Crippen LogP contribution in [0.4, 0.5) is 0 Å². The number of rotatable bonds is 3. The van der Waals surface area contributed by atoms with Gasteiger partial charge in [0, 0.05) is 7.11 Å². The van der Waals surface area contributed by atoms with E-state index in [9.17, 15) is 0 Å². The summed E-state index contributed by atoms with van der Waals surface area (Å²) in [5.74, 6) is 1.64. The molecule has 16 heavy (non-hydrogen) atoms. The van der Waals surface area contributed by atoms with Crippen molar-refractivity contribution < 1.29 is 9.47 Å². The molecule has 0 amide bonds. The monoisotopic (exact) mass is 220 g/mol. The van der Waals surface area contributed by atoms with Crippen LogP contribution in [0.15, 0.2) is 18.2 Å². The van der Waals surface area contributed by atoms with Gasteiger partial charge in [0.1, 0.15) is 5.75 Å². The lowest BCUT2D eigenvalue weighted by molar-refractivity contribution is 0.108. The number of hydrogen-bond donors (Lipinski definition) is 0. The molecule has 0 saturated heterocycles. The molecular formula is C14H20O2. The lowest BCUT2D eigenvalue weighted by atomic mass is 9.96. The summed E-state index contributed by atoms with van der Waals surface area (Å²) in [5.41, 5.74) is 2.59. The number of methoxy groups -OCH3 is 2. The van der Waals surface area contributed by atoms with E-state index in [1.165, 1.54) is 24.0 Å². The van der Waals surface area contributed by atoms with Crippen LogP contribution in [0, 0.1) is 6.92 Å². The van der Waals surface area contributed by atoms with Gasteiger partial charge in [-0.1, -0.05) is 12.1 Å². The molecule has 2 unspecified atom stereocenters. The Hall–Kier alpha value is -1.02. The summed E-state index contributed by atoms with van der Waals surface area (Å²) in [6, 6.07) is 6.55. The first-order chi connectivity index (χ1) is 7.74. The zero-order valence-corrected chi connectivity index (χ0v) is 10.3. The number of hydrogen-bond acceptors (Lipinski definition) is 2. The Balaban J connectivity index is 2.15. The van der Waals surface area contributed by atoms with Crippen molar-refractivity contribution in [2.24, 2.45) is 0 Å². The summed E-state index contributed by atoms with van der Waals surface area (Å²) in [4.78, 5) is 0. The summed E-state index contributed by atoms with van der Waals surface area (Å²) < 4.78 is 10.8. The van der Waals surface area contributed by atoms with Crippen LogP contribution < -0.4 is 4.74 Å². The maximum Gasteiger partial charge on any atom is 0.122 e. The fourth-order valence-electron chi connectivity index (χ4n) is 2.55. The van der Waals surface area contributed by atoms with E-state index in [1.54, 1.807) is 7.11 Å². The van der Waals surface area contributed by atoms with Crippen LogP contribution in [0.5, 0.6) is 5.75 Å². The Morgan fingerprint density at radius 1 is 1.19 bits per heavy atom. The van der Waals surface area contributed by atoms with Gasteiger partial charge in [0.25, 0.3) is 0 Å². The van der Waals surface area contributed by atoms with E-state index in [1.807, 2.05) is 7.11 Å². The second kappa shape index (κ2) is 4.88. The van der Waals surface area contributed by atoms with Gasteiger partial charge in [-0.15, -0.1) is 0 Å². The highest BCUT2D eigenvalue weighted by Crippen LogP contribution is 2.37. The molecule has 1 aliphatic rings. The Bertz CT molecular complexity index is 360. The molecule has 88 valence electrons. The van der Waals surface area contributed by atoms with E-state index < -0.39 is 0 Å². The Morgan fingerprint density at radius 3 is 2.62 bits per heavy atom. The molecule has 1 saturated carbocycles. The smallest absolute Gasteiger partial charge is 0.122 e. The average molecular weight is 220 g/mol. The van der Waals surface area contributed by atoms with Gasteiger partial charge in [0.15, 0.2) is 0 Å². The van der Waals surface area contributed by atoms with Gasteiger partial charge in [0.2, 0.25) is 0 Å². The van der Waals surface area contributed by atoms with E-state index >= 15 is 0 Å². The molecule has 2 nitrogen and oxygen atoms in total. The third-order valence-electron chi connectivity index (χ3n) is 3.62. The molecule has 0 heterocycles. The molecule has 0 N–H and O–H groups in total. The molecule has 1 fully saturated rings. The Labute approximate surface area is 97.6 Å². The van der Waals surface area contributed by atoms with Crippen molar-refractivity contribution in [2.75, 3.05) is 14.2 Å². The quantitative estimate of drug-likeness (QED) is 0.778. The molecule has 0 aromatic heterocycles. The van der Waals surface area contributed by atoms with Crippen molar-refractivity contribution in [3.05, 3.63) is 29.3 Å². The van der Waals surface area contributed by atoms with E-state index in [-0.39, 0.29) is 0 Å². The molecule has 1 aliphatic carbocycles. The van der Waals surface area contributed by atoms with Gasteiger partial charge in [-0.2, -0.15) is 0 Å². The lowest BCUT2D eigenvalue weighted by Gasteiger charge is -2.13. The normalized spacial score (nSPS) is 24.7. The minimum absolute atomic E-state index is 0.442. The van der Waals surface area contributed by atoms with E-state index in [4.69, 9.17) is 9.47 Å². The average Bonchev–Trinajstić information content (AvgIpc) is 2.78. The van der Waals surface area contributed by atoms with Crippen molar-refractivity contribution >= 4 is 0 Å². The van der Waals surface area contributed by atoms with E-state index in [0.29, 0.717) is 12.0 Å². The molecule has 1 aromatic carbocycles. The largest absolute Gasteiger partial charge is 0.496 e. The summed E-state index contributed by atoms with van der Waals surface area (Å²) in [6.45, 7) is 2.08. The lowest BCUT2D eigenvalue weighted by Crippen LogP contribution is -2.04. The molecule has 2 heteroatoms. The fraction of sp³-hybridized carbons (Fsp3) is 0.571. The first-order valence-corrected chi connectivity index (χ1v) is 5.92. The topological polar surface area (TPSA) is 18.5 Å². The summed E-state index contributed by atoms with van der Waals surface area (Å²) >= 11 is 0. The number of benzene rings is 1. The highest BCUT2D eigenvalue weighted by molar-refractivity contribution is 5.38. The van der Waals surface area contributed by atoms with Crippen molar-refractivity contribution in [3.63, 3.8) is 0 Å². The zero-order valence-electron chi connectivity index (χ0n) is 10.3. The minimum atomic E-state index is 0.442. The van der Waals surface area contributed by atoms with Gasteiger partial charge in [-0.25, -0.2) is 0 Å². The van der Waals surface area contributed by atoms with Gasteiger partial charge >= 0.3 is 0 Å². The van der Waals surface area contributed by atoms with Crippen LogP contribution >= 0.6 is 0 Å². The van der Waals surface area contributed by atoms with Crippen molar-refractivity contribution in [1.82, 2.24) is 0 Å². The molecule has 0 spiro atoms. The van der Waals surface area contributed by atoms with Crippen LogP contribution in [-0.4, -0.2) is 20.3 Å². The van der Waals surface area contributed by atoms with Crippen molar-refractivity contribution in [3.8, 4) is 5.75 Å². The summed E-state index contributed by atoms with van der Waals surface area (Å²) in [5, 5.41) is 0. The molecule has 0 aliphatic heterocycles. The molecular weight excluding hydrogens is 200 g/mol. The van der Waals surface area contributed by atoms with Gasteiger partial charge < -0.3 is 9.47 Å². The highest BCUT2D eigenvalue weighted by atomic mass is 16.5. The molecule has 2 rings (SSSR count). The first kappa shape index (κ1) is 11.5. The maximum atomic E-state index is 5.41. The number of ether oxygens (including phenoxy) is 2. The molecule has 0 bridgehead atoms. The van der Waals surface area contributed by atoms with Crippen LogP contribution in [-0.2, 0) is 4.74 Å². The SMILES string of the molecule is COc1cc(C2CCC(OC)C2)ccc1C. The van der Waals surface area contributed by atoms with E-state index in [2.05, 4.69) is 25.1 Å². The van der Waals surface area contributed by atoms with Gasteiger partial charge in [-0.05, 0) is 49.3 Å². The van der Waals surface area contributed by atoms with Crippen LogP contribution in [0.3, 0.4) is 0 Å². The zero-order chi connectivity index (χ0) is 11.5.